The average Bonchev–Trinajstić information content (AvgIpc) is 3.12. The molecule has 1 atom stereocenters. The summed E-state index contributed by atoms with van der Waals surface area (Å²) >= 11 is 0. The Hall–Kier alpha value is -1.84. The molecule has 2 N–H and O–H groups in total. The highest BCUT2D eigenvalue weighted by Crippen LogP contribution is 2.24. The Morgan fingerprint density at radius 1 is 1.20 bits per heavy atom. The van der Waals surface area contributed by atoms with Crippen molar-refractivity contribution in [1.82, 2.24) is 25.4 Å². The lowest BCUT2D eigenvalue weighted by Gasteiger charge is -2.19. The molecule has 1 heterocycles. The van der Waals surface area contributed by atoms with Crippen LogP contribution < -0.4 is 15.4 Å². The molecule has 0 spiro atoms. The Morgan fingerprint density at radius 2 is 1.97 bits per heavy atom. The molecule has 30 heavy (non-hydrogen) atoms. The number of aryl methyl sites for hydroxylation is 2. The summed E-state index contributed by atoms with van der Waals surface area (Å²) in [4.78, 5) is 4.75. The van der Waals surface area contributed by atoms with Crippen LogP contribution >= 0.6 is 24.0 Å². The van der Waals surface area contributed by atoms with E-state index in [1.54, 1.807) is 6.33 Å². The summed E-state index contributed by atoms with van der Waals surface area (Å²) in [7, 11) is 0. The van der Waals surface area contributed by atoms with Crippen molar-refractivity contribution >= 4 is 29.9 Å². The van der Waals surface area contributed by atoms with E-state index in [1.165, 1.54) is 5.56 Å². The van der Waals surface area contributed by atoms with Gasteiger partial charge in [-0.1, -0.05) is 26.0 Å². The second-order valence-corrected chi connectivity index (χ2v) is 7.75. The normalized spacial score (nSPS) is 12.4. The minimum absolute atomic E-state index is 0. The maximum atomic E-state index is 6.25. The molecule has 0 aliphatic carbocycles. The highest BCUT2D eigenvalue weighted by molar-refractivity contribution is 14.0. The van der Waals surface area contributed by atoms with Gasteiger partial charge in [0.25, 0.3) is 0 Å². The number of rotatable bonds is 10. The number of aromatic nitrogens is 3. The molecular weight excluding hydrogens is 491 g/mol. The van der Waals surface area contributed by atoms with Crippen LogP contribution in [0.15, 0.2) is 29.5 Å². The predicted molar refractivity (Wildman–Crippen MR) is 133 cm³/mol. The number of nitrogens with zero attached hydrogens (tertiary/aromatic N) is 4. The van der Waals surface area contributed by atoms with E-state index in [2.05, 4.69) is 80.6 Å². The van der Waals surface area contributed by atoms with Gasteiger partial charge in [0.1, 0.15) is 12.1 Å². The molecule has 0 radical (unpaired) electrons. The van der Waals surface area contributed by atoms with Crippen molar-refractivity contribution in [1.29, 1.82) is 0 Å². The second-order valence-electron chi connectivity index (χ2n) is 7.75. The summed E-state index contributed by atoms with van der Waals surface area (Å²) < 4.78 is 8.26. The molecule has 2 rings (SSSR count). The summed E-state index contributed by atoms with van der Waals surface area (Å²) in [5.74, 6) is 3.16. The molecule has 7 nitrogen and oxygen atoms in total. The minimum Gasteiger partial charge on any atom is -0.490 e. The summed E-state index contributed by atoms with van der Waals surface area (Å²) in [6.07, 6.45) is 2.94. The van der Waals surface area contributed by atoms with Gasteiger partial charge in [-0.15, -0.1) is 34.2 Å². The fourth-order valence-electron chi connectivity index (χ4n) is 3.18. The highest BCUT2D eigenvalue weighted by atomic mass is 127. The third-order valence-electron chi connectivity index (χ3n) is 4.56. The number of hydrogen-bond acceptors (Lipinski definition) is 4. The van der Waals surface area contributed by atoms with Gasteiger partial charge >= 0.3 is 0 Å². The summed E-state index contributed by atoms with van der Waals surface area (Å²) in [5, 5.41) is 14.8. The van der Waals surface area contributed by atoms with Crippen LogP contribution in [0.2, 0.25) is 0 Å². The van der Waals surface area contributed by atoms with Gasteiger partial charge in [-0.2, -0.15) is 0 Å². The molecule has 8 heteroatoms. The van der Waals surface area contributed by atoms with E-state index in [0.717, 1.165) is 42.6 Å². The van der Waals surface area contributed by atoms with Crippen molar-refractivity contribution < 1.29 is 4.74 Å². The Bertz CT molecular complexity index is 790. The molecule has 0 fully saturated rings. The van der Waals surface area contributed by atoms with Crippen LogP contribution in [0.3, 0.4) is 0 Å². The first-order valence-corrected chi connectivity index (χ1v) is 10.6. The van der Waals surface area contributed by atoms with E-state index in [-0.39, 0.29) is 30.1 Å². The van der Waals surface area contributed by atoms with Crippen molar-refractivity contribution in [3.63, 3.8) is 0 Å². The van der Waals surface area contributed by atoms with Gasteiger partial charge < -0.3 is 19.9 Å². The Morgan fingerprint density at radius 3 is 2.63 bits per heavy atom. The molecule has 168 valence electrons. The topological polar surface area (TPSA) is 76.4 Å². The number of ether oxygens (including phenoxy) is 1. The Balaban J connectivity index is 0.00000450. The van der Waals surface area contributed by atoms with Gasteiger partial charge in [0.15, 0.2) is 11.8 Å². The van der Waals surface area contributed by atoms with Crippen LogP contribution in [0.25, 0.3) is 0 Å². The minimum atomic E-state index is 0. The maximum absolute atomic E-state index is 6.25. The lowest BCUT2D eigenvalue weighted by atomic mass is 10.1. The fourth-order valence-corrected chi connectivity index (χ4v) is 3.18. The molecule has 1 aromatic heterocycles. The van der Waals surface area contributed by atoms with Crippen LogP contribution in [-0.2, 0) is 19.6 Å². The van der Waals surface area contributed by atoms with Crippen LogP contribution in [0.5, 0.6) is 5.75 Å². The van der Waals surface area contributed by atoms with Crippen molar-refractivity contribution in [3.8, 4) is 5.75 Å². The first-order chi connectivity index (χ1) is 13.9. The molecule has 1 unspecified atom stereocenters. The standard InChI is InChI=1S/C22H36N6O.HI/c1-7-23-22(25-14-21-27-26-15-28(21)8-2)24-13-19-10-9-17(5)12-20(19)29-18(6)11-16(3)4;/h9-10,12,15-16,18H,7-8,11,13-14H2,1-6H3,(H2,23,24,25);1H. The predicted octanol–water partition coefficient (Wildman–Crippen LogP) is 4.29. The van der Waals surface area contributed by atoms with Crippen molar-refractivity contribution in [2.45, 2.75) is 73.7 Å². The van der Waals surface area contributed by atoms with Crippen LogP contribution in [0.1, 0.15) is 58.0 Å². The monoisotopic (exact) mass is 528 g/mol. The highest BCUT2D eigenvalue weighted by Gasteiger charge is 2.11. The number of nitrogens with one attached hydrogen (secondary N) is 2. The first kappa shape index (κ1) is 26.2. The van der Waals surface area contributed by atoms with Gasteiger partial charge in [0, 0.05) is 18.7 Å². The number of aliphatic imine (C=N–C) groups is 1. The van der Waals surface area contributed by atoms with Crippen LogP contribution in [0.4, 0.5) is 0 Å². The summed E-state index contributed by atoms with van der Waals surface area (Å²) in [6.45, 7) is 15.5. The lowest BCUT2D eigenvalue weighted by molar-refractivity contribution is 0.191. The molecule has 2 aromatic rings. The number of benzene rings is 1. The molecule has 0 aliphatic heterocycles. The van der Waals surface area contributed by atoms with E-state index in [9.17, 15) is 0 Å². The van der Waals surface area contributed by atoms with Crippen LogP contribution in [-0.4, -0.2) is 33.4 Å². The zero-order valence-electron chi connectivity index (χ0n) is 19.1. The van der Waals surface area contributed by atoms with E-state index in [4.69, 9.17) is 9.73 Å². The SMILES string of the molecule is CCNC(=NCc1ccc(C)cc1OC(C)CC(C)C)NCc1nncn1CC.I. The summed E-state index contributed by atoms with van der Waals surface area (Å²) in [5.41, 5.74) is 2.27. The zero-order chi connectivity index (χ0) is 21.2. The lowest BCUT2D eigenvalue weighted by Crippen LogP contribution is -2.37. The third kappa shape index (κ3) is 8.49. The van der Waals surface area contributed by atoms with E-state index < -0.39 is 0 Å². The molecular formula is C22H37IN6O. The van der Waals surface area contributed by atoms with E-state index in [1.807, 2.05) is 4.57 Å². The van der Waals surface area contributed by atoms with Crippen molar-refractivity contribution in [2.24, 2.45) is 10.9 Å². The number of halogens is 1. The van der Waals surface area contributed by atoms with Crippen LogP contribution in [0, 0.1) is 12.8 Å². The van der Waals surface area contributed by atoms with Crippen molar-refractivity contribution in [3.05, 3.63) is 41.5 Å². The largest absolute Gasteiger partial charge is 0.490 e. The van der Waals surface area contributed by atoms with E-state index >= 15 is 0 Å². The second kappa shape index (κ2) is 13.5. The summed E-state index contributed by atoms with van der Waals surface area (Å²) in [6, 6.07) is 6.31. The maximum Gasteiger partial charge on any atom is 0.191 e. The van der Waals surface area contributed by atoms with Gasteiger partial charge in [-0.05, 0) is 51.7 Å². The zero-order valence-corrected chi connectivity index (χ0v) is 21.4. The quantitative estimate of drug-likeness (QED) is 0.273. The fraction of sp³-hybridized carbons (Fsp3) is 0.591. The number of hydrogen-bond donors (Lipinski definition) is 2. The van der Waals surface area contributed by atoms with Gasteiger partial charge in [0.2, 0.25) is 0 Å². The Labute approximate surface area is 198 Å². The van der Waals surface area contributed by atoms with Crippen molar-refractivity contribution in [2.75, 3.05) is 6.54 Å². The average molecular weight is 528 g/mol. The van der Waals surface area contributed by atoms with Gasteiger partial charge in [-0.3, -0.25) is 0 Å². The molecule has 0 saturated heterocycles. The molecule has 0 amide bonds. The first-order valence-electron chi connectivity index (χ1n) is 10.6. The molecule has 0 aliphatic rings. The van der Waals surface area contributed by atoms with E-state index in [0.29, 0.717) is 19.0 Å². The Kier molecular flexibility index (Phi) is 11.8. The molecule has 0 bridgehead atoms. The van der Waals surface area contributed by atoms with Gasteiger partial charge in [-0.25, -0.2) is 4.99 Å². The molecule has 0 saturated carbocycles. The molecule has 1 aromatic carbocycles. The smallest absolute Gasteiger partial charge is 0.191 e. The third-order valence-corrected chi connectivity index (χ3v) is 4.56. The number of guanidine groups is 1. The van der Waals surface area contributed by atoms with Gasteiger partial charge in [0.05, 0.1) is 19.2 Å².